The number of hydrogen-bond donors (Lipinski definition) is 2. The fourth-order valence-corrected chi connectivity index (χ4v) is 2.44. The average molecular weight is 265 g/mol. The third-order valence-corrected chi connectivity index (χ3v) is 4.24. The van der Waals surface area contributed by atoms with Gasteiger partial charge in [0.05, 0.1) is 0 Å². The van der Waals surface area contributed by atoms with E-state index in [1.54, 1.807) is 0 Å². The zero-order chi connectivity index (χ0) is 13.0. The highest BCUT2D eigenvalue weighted by molar-refractivity contribution is 7.52. The summed E-state index contributed by atoms with van der Waals surface area (Å²) in [6, 6.07) is 0. The summed E-state index contributed by atoms with van der Waals surface area (Å²) in [5.41, 5.74) is 0. The summed E-state index contributed by atoms with van der Waals surface area (Å²) in [4.78, 5) is 9.16. The maximum Gasteiger partial charge on any atom is 0.327 e. The molecule has 1 atom stereocenters. The molecule has 0 heterocycles. The molecule has 0 aliphatic heterocycles. The van der Waals surface area contributed by atoms with Crippen LogP contribution < -0.4 is 5.32 Å². The number of nitrogens with one attached hydrogen (secondary N) is 1. The van der Waals surface area contributed by atoms with E-state index in [9.17, 15) is 4.57 Å². The van der Waals surface area contributed by atoms with Crippen molar-refractivity contribution in [1.29, 1.82) is 0 Å². The zero-order valence-electron chi connectivity index (χ0n) is 11.3. The van der Waals surface area contributed by atoms with Crippen LogP contribution in [0.3, 0.4) is 0 Å². The predicted octanol–water partition coefficient (Wildman–Crippen LogP) is 3.16. The van der Waals surface area contributed by atoms with Crippen molar-refractivity contribution in [2.24, 2.45) is 0 Å². The largest absolute Gasteiger partial charge is 0.327 e. The highest BCUT2D eigenvalue weighted by atomic mass is 31.2. The summed E-state index contributed by atoms with van der Waals surface area (Å²) in [5.74, 6) is 0. The van der Waals surface area contributed by atoms with Crippen molar-refractivity contribution in [2.75, 3.05) is 26.4 Å². The van der Waals surface area contributed by atoms with Gasteiger partial charge in [-0.2, -0.15) is 0 Å². The molecule has 0 radical (unpaired) electrons. The van der Waals surface area contributed by atoms with Crippen molar-refractivity contribution in [2.45, 2.75) is 51.9 Å². The molecule has 0 saturated heterocycles. The molecule has 0 aromatic heterocycles. The number of unbranched alkanes of at least 4 members (excludes halogenated alkanes) is 5. The molecule has 0 saturated carbocycles. The van der Waals surface area contributed by atoms with Gasteiger partial charge in [-0.05, 0) is 32.4 Å². The summed E-state index contributed by atoms with van der Waals surface area (Å²) in [7, 11) is -1.98. The van der Waals surface area contributed by atoms with Gasteiger partial charge in [0.1, 0.15) is 0 Å². The maximum atomic E-state index is 11.1. The van der Waals surface area contributed by atoms with E-state index in [0.29, 0.717) is 0 Å². The highest BCUT2D eigenvalue weighted by Crippen LogP contribution is 2.41. The Balaban J connectivity index is 3.11. The minimum atomic E-state index is -3.27. The van der Waals surface area contributed by atoms with E-state index < -0.39 is 7.60 Å². The molecule has 0 aromatic carbocycles. The van der Waals surface area contributed by atoms with E-state index in [2.05, 4.69) is 16.8 Å². The molecular weight excluding hydrogens is 237 g/mol. The Bertz CT molecular complexity index is 212. The summed E-state index contributed by atoms with van der Waals surface area (Å²) in [6.07, 6.45) is 8.26. The Morgan fingerprint density at radius 1 is 1.06 bits per heavy atom. The van der Waals surface area contributed by atoms with E-state index in [1.807, 2.05) is 0 Å². The van der Waals surface area contributed by atoms with Crippen LogP contribution in [0.25, 0.3) is 0 Å². The lowest BCUT2D eigenvalue weighted by atomic mass is 10.2. The first kappa shape index (κ1) is 17.1. The van der Waals surface area contributed by atoms with Crippen molar-refractivity contribution in [3.63, 3.8) is 0 Å². The summed E-state index contributed by atoms with van der Waals surface area (Å²) >= 11 is 0. The Kier molecular flexibility index (Phi) is 11.3. The van der Waals surface area contributed by atoms with Crippen LogP contribution in [0.2, 0.25) is 0 Å². The maximum absolute atomic E-state index is 11.1. The van der Waals surface area contributed by atoms with Crippen LogP contribution in [0.15, 0.2) is 0 Å². The van der Waals surface area contributed by atoms with Gasteiger partial charge in [-0.3, -0.25) is 4.57 Å². The first-order chi connectivity index (χ1) is 8.12. The minimum Gasteiger partial charge on any atom is -0.324 e. The van der Waals surface area contributed by atoms with Gasteiger partial charge in [-0.1, -0.05) is 32.6 Å². The summed E-state index contributed by atoms with van der Waals surface area (Å²) in [5, 5.41) is 3.39. The van der Waals surface area contributed by atoms with E-state index in [-0.39, 0.29) is 6.16 Å². The molecule has 0 amide bonds. The summed E-state index contributed by atoms with van der Waals surface area (Å²) in [6.45, 7) is 4.32. The number of rotatable bonds is 12. The van der Waals surface area contributed by atoms with Gasteiger partial charge in [0.15, 0.2) is 0 Å². The van der Waals surface area contributed by atoms with E-state index in [0.717, 1.165) is 32.4 Å². The van der Waals surface area contributed by atoms with Crippen LogP contribution in [0, 0.1) is 0 Å². The van der Waals surface area contributed by atoms with Crippen LogP contribution in [0.4, 0.5) is 0 Å². The highest BCUT2D eigenvalue weighted by Gasteiger charge is 2.15. The van der Waals surface area contributed by atoms with E-state index >= 15 is 0 Å². The van der Waals surface area contributed by atoms with Crippen molar-refractivity contribution < 1.29 is 14.0 Å². The molecule has 17 heavy (non-hydrogen) atoms. The summed E-state index contributed by atoms with van der Waals surface area (Å²) < 4.78 is 15.7. The molecule has 0 aliphatic carbocycles. The van der Waals surface area contributed by atoms with E-state index in [4.69, 9.17) is 4.89 Å². The Labute approximate surface area is 106 Å². The zero-order valence-corrected chi connectivity index (χ0v) is 12.2. The third-order valence-electron chi connectivity index (χ3n) is 2.79. The second-order valence-electron chi connectivity index (χ2n) is 4.41. The second kappa shape index (κ2) is 11.2. The molecule has 0 aliphatic rings. The molecule has 5 heteroatoms. The Morgan fingerprint density at radius 3 is 2.18 bits per heavy atom. The average Bonchev–Trinajstić information content (AvgIpc) is 2.31. The molecule has 2 N–H and O–H groups in total. The lowest BCUT2D eigenvalue weighted by Crippen LogP contribution is -2.16. The normalized spacial score (nSPS) is 14.8. The molecule has 0 aromatic rings. The predicted molar refractivity (Wildman–Crippen MR) is 72.6 cm³/mol. The molecule has 0 spiro atoms. The first-order valence-corrected chi connectivity index (χ1v) is 8.47. The van der Waals surface area contributed by atoms with Crippen LogP contribution in [-0.4, -0.2) is 31.3 Å². The van der Waals surface area contributed by atoms with Gasteiger partial charge in [0.2, 0.25) is 0 Å². The first-order valence-electron chi connectivity index (χ1n) is 6.70. The fourth-order valence-electron chi connectivity index (χ4n) is 1.63. The molecule has 0 fully saturated rings. The van der Waals surface area contributed by atoms with Gasteiger partial charge in [-0.15, -0.1) is 0 Å². The molecule has 0 rings (SSSR count). The molecule has 0 bridgehead atoms. The van der Waals surface area contributed by atoms with Gasteiger partial charge in [0, 0.05) is 13.3 Å². The smallest absolute Gasteiger partial charge is 0.324 e. The van der Waals surface area contributed by atoms with Gasteiger partial charge in [0.25, 0.3) is 0 Å². The van der Waals surface area contributed by atoms with E-state index in [1.165, 1.54) is 32.8 Å². The van der Waals surface area contributed by atoms with Crippen molar-refractivity contribution in [1.82, 2.24) is 5.32 Å². The fraction of sp³-hybridized carbons (Fsp3) is 1.00. The monoisotopic (exact) mass is 265 g/mol. The minimum absolute atomic E-state index is 0.278. The lowest BCUT2D eigenvalue weighted by Gasteiger charge is -2.08. The van der Waals surface area contributed by atoms with Crippen molar-refractivity contribution >= 4 is 7.60 Å². The quantitative estimate of drug-likeness (QED) is 0.420. The standard InChI is InChI=1S/C12H28NO3P/c1-3-4-5-7-10-13-11-8-6-9-12-17(14,15)16-2/h13H,3-12H2,1-2H3,(H,14,15). The van der Waals surface area contributed by atoms with Gasteiger partial charge >= 0.3 is 7.60 Å². The van der Waals surface area contributed by atoms with Gasteiger partial charge < -0.3 is 14.7 Å². The molecule has 104 valence electrons. The van der Waals surface area contributed by atoms with Crippen LogP contribution in [0.1, 0.15) is 51.9 Å². The lowest BCUT2D eigenvalue weighted by molar-refractivity contribution is 0.314. The second-order valence-corrected chi connectivity index (χ2v) is 6.50. The van der Waals surface area contributed by atoms with Crippen LogP contribution in [-0.2, 0) is 9.09 Å². The van der Waals surface area contributed by atoms with Crippen molar-refractivity contribution in [3.05, 3.63) is 0 Å². The Morgan fingerprint density at radius 2 is 1.65 bits per heavy atom. The Hall–Kier alpha value is 0.110. The number of hydrogen-bond acceptors (Lipinski definition) is 3. The molecule has 1 unspecified atom stereocenters. The molecular formula is C12H28NO3P. The third kappa shape index (κ3) is 12.4. The van der Waals surface area contributed by atoms with Crippen molar-refractivity contribution in [3.8, 4) is 0 Å². The van der Waals surface area contributed by atoms with Crippen LogP contribution >= 0.6 is 7.60 Å². The van der Waals surface area contributed by atoms with Gasteiger partial charge in [-0.25, -0.2) is 0 Å². The molecule has 4 nitrogen and oxygen atoms in total. The van der Waals surface area contributed by atoms with Crippen LogP contribution in [0.5, 0.6) is 0 Å². The topological polar surface area (TPSA) is 58.6 Å². The SMILES string of the molecule is CCCCCCNCCCCCP(=O)(O)OC.